The monoisotopic (exact) mass is 594 g/mol. The van der Waals surface area contributed by atoms with Gasteiger partial charge in [0.25, 0.3) is 0 Å². The van der Waals surface area contributed by atoms with Crippen LogP contribution in [0.5, 0.6) is 0 Å². The van der Waals surface area contributed by atoms with Gasteiger partial charge in [0.1, 0.15) is 16.9 Å². The van der Waals surface area contributed by atoms with E-state index in [4.69, 9.17) is 9.40 Å². The third-order valence-electron chi connectivity index (χ3n) is 8.50. The molecule has 45 heavy (non-hydrogen) atoms. The summed E-state index contributed by atoms with van der Waals surface area (Å²) in [6.07, 6.45) is 0. The molecule has 0 saturated heterocycles. The molecule has 0 N–H and O–H groups in total. The van der Waals surface area contributed by atoms with Gasteiger partial charge in [-0.15, -0.1) is 11.3 Å². The summed E-state index contributed by atoms with van der Waals surface area (Å²) in [5.74, 6) is 0.841. The van der Waals surface area contributed by atoms with Crippen LogP contribution in [0.3, 0.4) is 0 Å². The molecule has 0 aliphatic carbocycles. The van der Waals surface area contributed by atoms with Crippen molar-refractivity contribution in [2.24, 2.45) is 0 Å². The second-order valence-corrected chi connectivity index (χ2v) is 12.3. The van der Waals surface area contributed by atoms with Crippen molar-refractivity contribution in [3.63, 3.8) is 0 Å². The zero-order valence-corrected chi connectivity index (χ0v) is 25.0. The number of pyridine rings is 1. The maximum Gasteiger partial charge on any atom is 0.154 e. The molecule has 3 aromatic heterocycles. The largest absolute Gasteiger partial charge is 0.454 e. The molecule has 0 spiro atoms. The quantitative estimate of drug-likeness (QED) is 0.198. The first kappa shape index (κ1) is 25.8. The van der Waals surface area contributed by atoms with Gasteiger partial charge in [-0.25, -0.2) is 4.98 Å². The Morgan fingerprint density at radius 1 is 0.444 bits per heavy atom. The molecule has 4 heteroatoms. The highest BCUT2D eigenvalue weighted by molar-refractivity contribution is 7.25. The molecule has 9 aromatic rings. The predicted octanol–water partition coefficient (Wildman–Crippen LogP) is 12.2. The molecule has 3 heterocycles. The maximum absolute atomic E-state index is 6.12. The number of para-hydroxylation sites is 1. The molecule has 6 aromatic carbocycles. The van der Waals surface area contributed by atoms with Gasteiger partial charge in [0.05, 0.1) is 0 Å². The number of benzene rings is 6. The molecular formula is C41H26N2OS. The van der Waals surface area contributed by atoms with Crippen molar-refractivity contribution in [1.82, 2.24) is 4.98 Å². The first-order chi connectivity index (χ1) is 22.3. The summed E-state index contributed by atoms with van der Waals surface area (Å²) in [5.41, 5.74) is 9.39. The predicted molar refractivity (Wildman–Crippen MR) is 190 cm³/mol. The van der Waals surface area contributed by atoms with E-state index >= 15 is 0 Å². The number of anilines is 3. The van der Waals surface area contributed by atoms with Crippen molar-refractivity contribution < 1.29 is 4.42 Å². The molecule has 0 aliphatic rings. The molecule has 0 aliphatic heterocycles. The fraction of sp³-hybridized carbons (Fsp3) is 0. The third-order valence-corrected chi connectivity index (χ3v) is 9.66. The summed E-state index contributed by atoms with van der Waals surface area (Å²) in [7, 11) is 0. The number of rotatable bonds is 5. The van der Waals surface area contributed by atoms with E-state index in [-0.39, 0.29) is 0 Å². The first-order valence-electron chi connectivity index (χ1n) is 15.0. The minimum Gasteiger partial charge on any atom is -0.454 e. The fourth-order valence-corrected chi connectivity index (χ4v) is 7.35. The van der Waals surface area contributed by atoms with Crippen LogP contribution in [-0.2, 0) is 0 Å². The van der Waals surface area contributed by atoms with Crippen LogP contribution in [-0.4, -0.2) is 4.98 Å². The minimum atomic E-state index is 0.786. The van der Waals surface area contributed by atoms with Gasteiger partial charge in [-0.1, -0.05) is 97.1 Å². The second-order valence-electron chi connectivity index (χ2n) is 11.2. The summed E-state index contributed by atoms with van der Waals surface area (Å²) >= 11 is 1.83. The smallest absolute Gasteiger partial charge is 0.154 e. The molecule has 0 saturated carbocycles. The third kappa shape index (κ3) is 4.46. The second kappa shape index (κ2) is 10.5. The van der Waals surface area contributed by atoms with E-state index in [1.165, 1.54) is 42.4 Å². The first-order valence-corrected chi connectivity index (χ1v) is 15.9. The van der Waals surface area contributed by atoms with Crippen molar-refractivity contribution in [1.29, 1.82) is 0 Å². The molecule has 0 amide bonds. The Morgan fingerprint density at radius 3 is 1.82 bits per heavy atom. The zero-order chi connectivity index (χ0) is 29.7. The molecule has 9 rings (SSSR count). The van der Waals surface area contributed by atoms with Crippen molar-refractivity contribution >= 4 is 70.8 Å². The Hall–Kier alpha value is -5.71. The number of hydrogen-bond acceptors (Lipinski definition) is 4. The number of thiophene rings is 1. The van der Waals surface area contributed by atoms with Crippen molar-refractivity contribution in [2.45, 2.75) is 0 Å². The van der Waals surface area contributed by atoms with Gasteiger partial charge in [0.15, 0.2) is 5.58 Å². The van der Waals surface area contributed by atoms with Crippen LogP contribution in [0.2, 0.25) is 0 Å². The van der Waals surface area contributed by atoms with Gasteiger partial charge >= 0.3 is 0 Å². The normalized spacial score (nSPS) is 11.6. The van der Waals surface area contributed by atoms with E-state index in [0.29, 0.717) is 0 Å². The lowest BCUT2D eigenvalue weighted by atomic mass is 10.00. The van der Waals surface area contributed by atoms with Crippen LogP contribution < -0.4 is 4.90 Å². The van der Waals surface area contributed by atoms with Crippen LogP contribution in [0.15, 0.2) is 162 Å². The van der Waals surface area contributed by atoms with Gasteiger partial charge in [0.2, 0.25) is 0 Å². The zero-order valence-electron chi connectivity index (χ0n) is 24.2. The Bertz CT molecular complexity index is 2360. The van der Waals surface area contributed by atoms with Crippen molar-refractivity contribution in [2.75, 3.05) is 4.90 Å². The van der Waals surface area contributed by atoms with E-state index in [1.807, 2.05) is 41.7 Å². The van der Waals surface area contributed by atoms with Crippen LogP contribution in [0.1, 0.15) is 0 Å². The number of fused-ring (bicyclic) bond motifs is 6. The van der Waals surface area contributed by atoms with Gasteiger partial charge in [-0.3, -0.25) is 4.90 Å². The van der Waals surface area contributed by atoms with Gasteiger partial charge in [-0.2, -0.15) is 0 Å². The number of hydrogen-bond donors (Lipinski definition) is 0. The Morgan fingerprint density at radius 2 is 1.04 bits per heavy atom. The molecule has 3 nitrogen and oxygen atoms in total. The van der Waals surface area contributed by atoms with Crippen molar-refractivity contribution in [3.05, 3.63) is 158 Å². The highest BCUT2D eigenvalue weighted by Crippen LogP contribution is 2.41. The summed E-state index contributed by atoms with van der Waals surface area (Å²) in [6.45, 7) is 0. The van der Waals surface area contributed by atoms with E-state index in [2.05, 4.69) is 132 Å². The summed E-state index contributed by atoms with van der Waals surface area (Å²) in [5, 5.41) is 3.55. The summed E-state index contributed by atoms with van der Waals surface area (Å²) in [6, 6.07) is 55.6. The Kier molecular flexibility index (Phi) is 6.00. The van der Waals surface area contributed by atoms with Gasteiger partial charge in [-0.05, 0) is 82.9 Å². The highest BCUT2D eigenvalue weighted by Gasteiger charge is 2.18. The van der Waals surface area contributed by atoms with E-state index < -0.39 is 0 Å². The van der Waals surface area contributed by atoms with Crippen LogP contribution in [0.25, 0.3) is 64.5 Å². The number of aromatic nitrogens is 1. The highest BCUT2D eigenvalue weighted by atomic mass is 32.1. The van der Waals surface area contributed by atoms with Crippen LogP contribution in [0, 0.1) is 0 Å². The number of furan rings is 1. The molecule has 0 unspecified atom stereocenters. The standard InChI is InChI=1S/C41H26N2OS/c1-2-8-27(9-3-1)28-14-16-29(17-15-28)30-18-20-31(21-19-30)43(32-22-24-39-35(26-32)33-10-5-7-13-38(33)45-39)40-25-23-37-41(42-40)34-11-4-6-12-36(34)44-37/h1-26H. The number of nitrogens with zero attached hydrogens (tertiary/aromatic N) is 2. The lowest BCUT2D eigenvalue weighted by Crippen LogP contribution is -2.11. The SMILES string of the molecule is c1ccc(-c2ccc(-c3ccc(N(c4ccc5sc6ccccc6c5c4)c4ccc5oc6ccccc6c5n4)cc3)cc2)cc1. The molecule has 0 atom stereocenters. The lowest BCUT2D eigenvalue weighted by Gasteiger charge is -2.25. The van der Waals surface area contributed by atoms with E-state index in [1.54, 1.807) is 0 Å². The van der Waals surface area contributed by atoms with Gasteiger partial charge < -0.3 is 4.42 Å². The molecule has 0 bridgehead atoms. The Labute approximate surface area is 264 Å². The summed E-state index contributed by atoms with van der Waals surface area (Å²) in [4.78, 5) is 7.45. The maximum atomic E-state index is 6.12. The fourth-order valence-electron chi connectivity index (χ4n) is 6.26. The molecule has 0 fully saturated rings. The average molecular weight is 595 g/mol. The van der Waals surface area contributed by atoms with E-state index in [0.717, 1.165) is 39.3 Å². The Balaban J connectivity index is 1.16. The average Bonchev–Trinajstić information content (AvgIpc) is 3.67. The summed E-state index contributed by atoms with van der Waals surface area (Å²) < 4.78 is 8.69. The van der Waals surface area contributed by atoms with Crippen molar-refractivity contribution in [3.8, 4) is 22.3 Å². The molecule has 0 radical (unpaired) electrons. The lowest BCUT2D eigenvalue weighted by molar-refractivity contribution is 0.668. The van der Waals surface area contributed by atoms with E-state index in [9.17, 15) is 0 Å². The topological polar surface area (TPSA) is 29.3 Å². The van der Waals surface area contributed by atoms with Crippen LogP contribution >= 0.6 is 11.3 Å². The minimum absolute atomic E-state index is 0.786. The molecular weight excluding hydrogens is 569 g/mol. The molecule has 212 valence electrons. The van der Waals surface area contributed by atoms with Gasteiger partial charge in [0, 0.05) is 36.9 Å². The van der Waals surface area contributed by atoms with Crippen LogP contribution in [0.4, 0.5) is 17.2 Å².